The van der Waals surface area contributed by atoms with Crippen molar-refractivity contribution in [2.24, 2.45) is 0 Å². The van der Waals surface area contributed by atoms with Crippen LogP contribution in [0.5, 0.6) is 11.5 Å². The molecule has 0 radical (unpaired) electrons. The first-order chi connectivity index (χ1) is 10.0. The zero-order valence-electron chi connectivity index (χ0n) is 12.6. The van der Waals surface area contributed by atoms with Crippen LogP contribution in [0.3, 0.4) is 0 Å². The van der Waals surface area contributed by atoms with Crippen molar-refractivity contribution in [1.29, 1.82) is 0 Å². The van der Waals surface area contributed by atoms with Gasteiger partial charge in [0.1, 0.15) is 0 Å². The molecule has 6 heteroatoms. The lowest BCUT2D eigenvalue weighted by molar-refractivity contribution is 0.297. The zero-order chi connectivity index (χ0) is 15.3. The van der Waals surface area contributed by atoms with E-state index >= 15 is 0 Å². The summed E-state index contributed by atoms with van der Waals surface area (Å²) in [6.07, 6.45) is 1.78. The lowest BCUT2D eigenvalue weighted by Crippen LogP contribution is -2.33. The van der Waals surface area contributed by atoms with Crippen molar-refractivity contribution in [2.45, 2.75) is 37.6 Å². The van der Waals surface area contributed by atoms with Gasteiger partial charge in [0.25, 0.3) is 0 Å². The first-order valence-corrected chi connectivity index (χ1v) is 9.04. The maximum absolute atomic E-state index is 12.4. The molecule has 0 bridgehead atoms. The number of fused-ring (bicyclic) bond motifs is 1. The van der Waals surface area contributed by atoms with E-state index in [1.165, 1.54) is 0 Å². The topological polar surface area (TPSA) is 64.6 Å². The minimum Gasteiger partial charge on any atom is -0.490 e. The quantitative estimate of drug-likeness (QED) is 0.870. The minimum atomic E-state index is -3.33. The van der Waals surface area contributed by atoms with Gasteiger partial charge in [-0.05, 0) is 32.0 Å². The molecule has 5 nitrogen and oxygen atoms in total. The van der Waals surface area contributed by atoms with E-state index in [1.54, 1.807) is 18.2 Å². The Kier molecular flexibility index (Phi) is 5.47. The highest BCUT2D eigenvalue weighted by Gasteiger charge is 2.21. The molecule has 0 aromatic heterocycles. The van der Waals surface area contributed by atoms with Gasteiger partial charge >= 0.3 is 0 Å². The number of benzene rings is 1. The van der Waals surface area contributed by atoms with Gasteiger partial charge in [-0.15, -0.1) is 0 Å². The van der Waals surface area contributed by atoms with E-state index in [0.717, 1.165) is 19.4 Å². The molecular formula is C15H23NO4S. The van der Waals surface area contributed by atoms with Gasteiger partial charge in [-0.25, -0.2) is 8.42 Å². The Bertz CT molecular complexity index is 571. The first-order valence-electron chi connectivity index (χ1n) is 7.38. The zero-order valence-corrected chi connectivity index (χ0v) is 13.4. The summed E-state index contributed by atoms with van der Waals surface area (Å²) in [5, 5.41) is 3.20. The highest BCUT2D eigenvalue weighted by Crippen LogP contribution is 2.32. The highest BCUT2D eigenvalue weighted by atomic mass is 32.2. The van der Waals surface area contributed by atoms with Gasteiger partial charge in [0.15, 0.2) is 21.3 Å². The predicted octanol–water partition coefficient (Wildman–Crippen LogP) is 2.01. The Morgan fingerprint density at radius 2 is 1.95 bits per heavy atom. The van der Waals surface area contributed by atoms with Crippen molar-refractivity contribution in [3.63, 3.8) is 0 Å². The van der Waals surface area contributed by atoms with Gasteiger partial charge in [-0.1, -0.05) is 6.92 Å². The molecule has 1 unspecified atom stereocenters. The Morgan fingerprint density at radius 1 is 1.24 bits per heavy atom. The third-order valence-electron chi connectivity index (χ3n) is 3.29. The van der Waals surface area contributed by atoms with E-state index in [-0.39, 0.29) is 16.7 Å². The SMILES string of the molecule is CCCNC(C)CS(=O)(=O)c1ccc2c(c1)OCCCO2. The molecule has 0 amide bonds. The fourth-order valence-corrected chi connectivity index (χ4v) is 3.74. The molecule has 0 spiro atoms. The summed E-state index contributed by atoms with van der Waals surface area (Å²) in [5.41, 5.74) is 0. The van der Waals surface area contributed by atoms with E-state index in [0.29, 0.717) is 24.7 Å². The Labute approximate surface area is 126 Å². The Morgan fingerprint density at radius 3 is 2.67 bits per heavy atom. The molecule has 1 aromatic rings. The molecule has 1 N–H and O–H groups in total. The monoisotopic (exact) mass is 313 g/mol. The Balaban J connectivity index is 2.14. The van der Waals surface area contributed by atoms with Gasteiger partial charge in [0.05, 0.1) is 23.9 Å². The molecule has 1 heterocycles. The molecule has 0 saturated carbocycles. The summed E-state index contributed by atoms with van der Waals surface area (Å²) >= 11 is 0. The fraction of sp³-hybridized carbons (Fsp3) is 0.600. The molecule has 1 aliphatic rings. The van der Waals surface area contributed by atoms with Crippen molar-refractivity contribution >= 4 is 9.84 Å². The maximum Gasteiger partial charge on any atom is 0.180 e. The van der Waals surface area contributed by atoms with Crippen LogP contribution in [0.1, 0.15) is 26.7 Å². The van der Waals surface area contributed by atoms with Crippen LogP contribution in [0.25, 0.3) is 0 Å². The van der Waals surface area contributed by atoms with Gasteiger partial charge in [-0.3, -0.25) is 0 Å². The number of nitrogens with one attached hydrogen (secondary N) is 1. The van der Waals surface area contributed by atoms with Crippen LogP contribution >= 0.6 is 0 Å². The second-order valence-electron chi connectivity index (χ2n) is 5.30. The van der Waals surface area contributed by atoms with E-state index in [9.17, 15) is 8.42 Å². The molecule has 0 aliphatic carbocycles. The molecule has 1 aliphatic heterocycles. The summed E-state index contributed by atoms with van der Waals surface area (Å²) in [4.78, 5) is 0.289. The second kappa shape index (κ2) is 7.13. The molecular weight excluding hydrogens is 290 g/mol. The molecule has 1 aromatic carbocycles. The van der Waals surface area contributed by atoms with E-state index in [2.05, 4.69) is 12.2 Å². The van der Waals surface area contributed by atoms with Gasteiger partial charge in [0.2, 0.25) is 0 Å². The average Bonchev–Trinajstić information content (AvgIpc) is 2.69. The molecule has 2 rings (SSSR count). The van der Waals surface area contributed by atoms with Crippen LogP contribution in [0.15, 0.2) is 23.1 Å². The van der Waals surface area contributed by atoms with E-state index < -0.39 is 9.84 Å². The molecule has 21 heavy (non-hydrogen) atoms. The van der Waals surface area contributed by atoms with Crippen LogP contribution in [-0.4, -0.2) is 40.0 Å². The molecule has 0 fully saturated rings. The van der Waals surface area contributed by atoms with Crippen LogP contribution in [0.2, 0.25) is 0 Å². The second-order valence-corrected chi connectivity index (χ2v) is 7.33. The number of sulfone groups is 1. The van der Waals surface area contributed by atoms with Gasteiger partial charge in [0, 0.05) is 18.5 Å². The lowest BCUT2D eigenvalue weighted by Gasteiger charge is -2.14. The third kappa shape index (κ3) is 4.35. The van der Waals surface area contributed by atoms with Crippen molar-refractivity contribution in [2.75, 3.05) is 25.5 Å². The van der Waals surface area contributed by atoms with E-state index in [1.807, 2.05) is 6.92 Å². The smallest absolute Gasteiger partial charge is 0.180 e. The maximum atomic E-state index is 12.4. The molecule has 0 saturated heterocycles. The van der Waals surface area contributed by atoms with Crippen LogP contribution < -0.4 is 14.8 Å². The third-order valence-corrected chi connectivity index (χ3v) is 5.20. The number of hydrogen-bond donors (Lipinski definition) is 1. The molecule has 118 valence electrons. The van der Waals surface area contributed by atoms with Crippen LogP contribution in [0, 0.1) is 0 Å². The predicted molar refractivity (Wildman–Crippen MR) is 81.9 cm³/mol. The number of ether oxygens (including phenoxy) is 2. The summed E-state index contributed by atoms with van der Waals surface area (Å²) in [6, 6.07) is 4.77. The standard InChI is InChI=1S/C15H23NO4S/c1-3-7-16-12(2)11-21(17,18)13-5-6-14-15(10-13)20-9-4-8-19-14/h5-6,10,12,16H,3-4,7-9,11H2,1-2H3. The van der Waals surface area contributed by atoms with Crippen LogP contribution in [0.4, 0.5) is 0 Å². The number of hydrogen-bond acceptors (Lipinski definition) is 5. The lowest BCUT2D eigenvalue weighted by atomic mass is 10.3. The Hall–Kier alpha value is -1.27. The summed E-state index contributed by atoms with van der Waals surface area (Å²) in [7, 11) is -3.33. The van der Waals surface area contributed by atoms with Crippen LogP contribution in [-0.2, 0) is 9.84 Å². The van der Waals surface area contributed by atoms with Crippen molar-refractivity contribution < 1.29 is 17.9 Å². The minimum absolute atomic E-state index is 0.0760. The molecule has 1 atom stereocenters. The summed E-state index contributed by atoms with van der Waals surface area (Å²) in [6.45, 7) is 5.90. The highest BCUT2D eigenvalue weighted by molar-refractivity contribution is 7.91. The van der Waals surface area contributed by atoms with Crippen molar-refractivity contribution in [3.05, 3.63) is 18.2 Å². The van der Waals surface area contributed by atoms with Gasteiger partial charge in [-0.2, -0.15) is 0 Å². The summed E-state index contributed by atoms with van der Waals surface area (Å²) < 4.78 is 35.9. The number of rotatable bonds is 6. The van der Waals surface area contributed by atoms with E-state index in [4.69, 9.17) is 9.47 Å². The van der Waals surface area contributed by atoms with Crippen molar-refractivity contribution in [1.82, 2.24) is 5.32 Å². The normalized spacial score (nSPS) is 16.3. The summed E-state index contributed by atoms with van der Waals surface area (Å²) in [5.74, 6) is 1.21. The van der Waals surface area contributed by atoms with Gasteiger partial charge < -0.3 is 14.8 Å². The van der Waals surface area contributed by atoms with Crippen molar-refractivity contribution in [3.8, 4) is 11.5 Å². The first kappa shape index (κ1) is 16.1. The largest absolute Gasteiger partial charge is 0.490 e. The average molecular weight is 313 g/mol. The fourth-order valence-electron chi connectivity index (χ4n) is 2.21.